The molecule has 0 heterocycles. The predicted octanol–water partition coefficient (Wildman–Crippen LogP) is 12.6. The van der Waals surface area contributed by atoms with Crippen LogP contribution in [0.5, 0.6) is 0 Å². The maximum absolute atomic E-state index is 8.35. The summed E-state index contributed by atoms with van der Waals surface area (Å²) in [4.78, 5) is 0. The molecule has 0 fully saturated rings. The molecule has 0 aromatic carbocycles. The van der Waals surface area contributed by atoms with Gasteiger partial charge in [0.2, 0.25) is 0 Å². The molecule has 2 rings (SSSR count). The maximum atomic E-state index is 8.35. The van der Waals surface area contributed by atoms with E-state index in [1.807, 2.05) is 128 Å². The third-order valence-corrected chi connectivity index (χ3v) is 7.39. The van der Waals surface area contributed by atoms with Crippen LogP contribution in [-0.2, 0) is 0 Å². The molecular weight excluding hydrogens is 480 g/mol. The highest BCUT2D eigenvalue weighted by Crippen LogP contribution is 2.41. The van der Waals surface area contributed by atoms with Gasteiger partial charge in [0, 0.05) is 13.7 Å². The standard InChI is InChI=1S/C40H56/c1-31(19-13-21-33(3)25-27-37-35(5)23-15-29-39(37,7)8)17-11-12-18-32(2)20-14-22-34(4)26-28-38-36(6)24-16-30-40(38,9)10/h11-14,17-22,25-28H,15-16,23-24,29-30H2,1-10H3/b12-11+,19-13+,20-14+,27-25+,28-26+,31-17+,32-18+,33-21+,34-22+/i5D3,6D3,23D2,24D2. The molecule has 216 valence electrons. The smallest absolute Gasteiger partial charge is 0.0313 e. The van der Waals surface area contributed by atoms with Gasteiger partial charge in [0.1, 0.15) is 0 Å². The zero-order chi connectivity index (χ0) is 38.3. The summed E-state index contributed by atoms with van der Waals surface area (Å²) in [6, 6.07) is 0. The molecule has 0 saturated carbocycles. The van der Waals surface area contributed by atoms with Crippen molar-refractivity contribution in [1.29, 1.82) is 0 Å². The molecule has 0 N–H and O–H groups in total. The molecule has 0 aliphatic heterocycles. The molecule has 0 saturated heterocycles. The summed E-state index contributed by atoms with van der Waals surface area (Å²) in [5.74, 6) is 0. The molecule has 0 spiro atoms. The van der Waals surface area contributed by atoms with E-state index in [0.29, 0.717) is 24.0 Å². The number of hydrogen-bond acceptors (Lipinski definition) is 0. The lowest BCUT2D eigenvalue weighted by atomic mass is 9.72. The Morgan fingerprint density at radius 2 is 0.925 bits per heavy atom. The van der Waals surface area contributed by atoms with Gasteiger partial charge in [-0.2, -0.15) is 0 Å². The van der Waals surface area contributed by atoms with Gasteiger partial charge >= 0.3 is 0 Å². The summed E-state index contributed by atoms with van der Waals surface area (Å²) in [7, 11) is 0. The van der Waals surface area contributed by atoms with Crippen LogP contribution in [0.4, 0.5) is 0 Å². The molecule has 0 bridgehead atoms. The van der Waals surface area contributed by atoms with Crippen molar-refractivity contribution in [2.75, 3.05) is 0 Å². The lowest BCUT2D eigenvalue weighted by molar-refractivity contribution is 0.376. The molecule has 0 aromatic heterocycles. The van der Waals surface area contributed by atoms with Crippen LogP contribution in [-0.4, -0.2) is 0 Å². The minimum atomic E-state index is -2.49. The van der Waals surface area contributed by atoms with Gasteiger partial charge < -0.3 is 0 Å². The van der Waals surface area contributed by atoms with Gasteiger partial charge in [-0.15, -0.1) is 0 Å². The van der Waals surface area contributed by atoms with Crippen molar-refractivity contribution in [3.05, 3.63) is 130 Å². The second-order valence-electron chi connectivity index (χ2n) is 12.1. The van der Waals surface area contributed by atoms with E-state index in [-0.39, 0.29) is 24.0 Å². The fourth-order valence-electron chi connectivity index (χ4n) is 4.52. The molecule has 0 unspecified atom stereocenters. The average molecular weight is 547 g/mol. The van der Waals surface area contributed by atoms with Crippen LogP contribution in [0.25, 0.3) is 0 Å². The van der Waals surface area contributed by atoms with Gasteiger partial charge in [0.25, 0.3) is 0 Å². The Morgan fingerprint density at radius 3 is 1.30 bits per heavy atom. The van der Waals surface area contributed by atoms with Crippen molar-refractivity contribution in [3.63, 3.8) is 0 Å². The fraction of sp³-hybridized carbons (Fsp3) is 0.450. The predicted molar refractivity (Wildman–Crippen MR) is 181 cm³/mol. The summed E-state index contributed by atoms with van der Waals surface area (Å²) >= 11 is 0. The molecule has 0 aromatic rings. The Labute approximate surface area is 261 Å². The zero-order valence-electron chi connectivity index (χ0n) is 35.9. The normalized spacial score (nSPS) is 28.8. The van der Waals surface area contributed by atoms with Crippen molar-refractivity contribution >= 4 is 0 Å². The highest BCUT2D eigenvalue weighted by molar-refractivity contribution is 5.39. The molecule has 0 radical (unpaired) electrons. The average Bonchev–Trinajstić information content (AvgIpc) is 2.95. The van der Waals surface area contributed by atoms with Crippen LogP contribution >= 0.6 is 0 Å². The molecule has 2 aliphatic rings. The van der Waals surface area contributed by atoms with Crippen molar-refractivity contribution in [2.45, 2.75) is 108 Å². The Hall–Kier alpha value is -2.86. The molecular formula is C40H56. The largest absolute Gasteiger partial charge is 0.0696 e. The summed E-state index contributed by atoms with van der Waals surface area (Å²) in [6.45, 7) is 10.8. The SMILES string of the molecule is [2H]C([2H])([2H])C1=C(/C=C/C(C)=C/C=C/C(C)=C/C=C/C=C(C)/C=C/C=C(C)/C=C/C2=C(C([2H])([2H])[2H])C([2H])([2H])CCC2(C)C)C(C)(C)CCC1([2H])[2H]. The van der Waals surface area contributed by atoms with Crippen LogP contribution in [0.1, 0.15) is 121 Å². The fourth-order valence-corrected chi connectivity index (χ4v) is 4.52. The van der Waals surface area contributed by atoms with Gasteiger partial charge in [-0.3, -0.25) is 0 Å². The summed E-state index contributed by atoms with van der Waals surface area (Å²) < 4.78 is 81.3. The quantitative estimate of drug-likeness (QED) is 0.239. The lowest BCUT2D eigenvalue weighted by Gasteiger charge is -2.33. The van der Waals surface area contributed by atoms with Crippen LogP contribution in [0, 0.1) is 10.8 Å². The lowest BCUT2D eigenvalue weighted by Crippen LogP contribution is -2.19. The first-order valence-electron chi connectivity index (χ1n) is 19.3. The first kappa shape index (κ1) is 20.9. The van der Waals surface area contributed by atoms with Gasteiger partial charge in [-0.25, -0.2) is 0 Å². The van der Waals surface area contributed by atoms with Crippen LogP contribution in [0.15, 0.2) is 130 Å². The van der Waals surface area contributed by atoms with Crippen molar-refractivity contribution < 1.29 is 13.7 Å². The van der Waals surface area contributed by atoms with E-state index in [9.17, 15) is 0 Å². The summed E-state index contributed by atoms with van der Waals surface area (Å²) in [5.41, 5.74) is 4.03. The minimum absolute atomic E-state index is 0.0806. The van der Waals surface area contributed by atoms with Gasteiger partial charge in [0.15, 0.2) is 0 Å². The Morgan fingerprint density at radius 1 is 0.575 bits per heavy atom. The first-order valence-corrected chi connectivity index (χ1v) is 14.3. The Balaban J connectivity index is 2.08. The number of hydrogen-bond donors (Lipinski definition) is 0. The molecule has 2 aliphatic carbocycles. The van der Waals surface area contributed by atoms with E-state index in [2.05, 4.69) is 0 Å². The van der Waals surface area contributed by atoms with E-state index in [4.69, 9.17) is 13.7 Å². The molecule has 0 atom stereocenters. The van der Waals surface area contributed by atoms with E-state index in [1.165, 1.54) is 0 Å². The summed E-state index contributed by atoms with van der Waals surface area (Å²) in [6.07, 6.45) is 24.7. The summed E-state index contributed by atoms with van der Waals surface area (Å²) in [5, 5.41) is 0. The third-order valence-electron chi connectivity index (χ3n) is 7.39. The van der Waals surface area contributed by atoms with Gasteiger partial charge in [-0.1, -0.05) is 146 Å². The van der Waals surface area contributed by atoms with Crippen LogP contribution in [0.3, 0.4) is 0 Å². The second-order valence-corrected chi connectivity index (χ2v) is 12.1. The van der Waals surface area contributed by atoms with E-state index in [1.54, 1.807) is 12.2 Å². The van der Waals surface area contributed by atoms with E-state index >= 15 is 0 Å². The maximum Gasteiger partial charge on any atom is 0.0313 e. The Kier molecular flexibility index (Phi) is 8.27. The van der Waals surface area contributed by atoms with E-state index in [0.717, 1.165) is 22.3 Å². The minimum Gasteiger partial charge on any atom is -0.0696 e. The van der Waals surface area contributed by atoms with E-state index < -0.39 is 37.3 Å². The van der Waals surface area contributed by atoms with Crippen LogP contribution in [0.2, 0.25) is 0 Å². The highest BCUT2D eigenvalue weighted by atomic mass is 14.3. The molecule has 0 nitrogen and oxygen atoms in total. The monoisotopic (exact) mass is 547 g/mol. The number of rotatable bonds is 10. The van der Waals surface area contributed by atoms with Crippen molar-refractivity contribution in [3.8, 4) is 0 Å². The topological polar surface area (TPSA) is 0 Å². The first-order chi connectivity index (χ1) is 22.7. The Bertz CT molecular complexity index is 1460. The molecule has 40 heavy (non-hydrogen) atoms. The van der Waals surface area contributed by atoms with Crippen molar-refractivity contribution in [2.24, 2.45) is 10.8 Å². The second kappa shape index (κ2) is 15.8. The third kappa shape index (κ3) is 11.3. The van der Waals surface area contributed by atoms with Gasteiger partial charge in [-0.05, 0) is 102 Å². The molecule has 0 heteroatoms. The molecule has 0 amide bonds. The zero-order valence-corrected chi connectivity index (χ0v) is 25.9. The van der Waals surface area contributed by atoms with Crippen LogP contribution < -0.4 is 0 Å². The number of allylic oxidation sites excluding steroid dienone is 22. The highest BCUT2D eigenvalue weighted by Gasteiger charge is 2.27. The van der Waals surface area contributed by atoms with Gasteiger partial charge in [0.05, 0.1) is 0 Å². The van der Waals surface area contributed by atoms with Crippen molar-refractivity contribution in [1.82, 2.24) is 0 Å².